The van der Waals surface area contributed by atoms with Crippen molar-refractivity contribution in [1.29, 1.82) is 0 Å². The van der Waals surface area contributed by atoms with E-state index in [1.165, 1.54) is 5.56 Å². The first kappa shape index (κ1) is 14.7. The molecule has 1 aromatic rings. The zero-order chi connectivity index (χ0) is 13.7. The highest BCUT2D eigenvalue weighted by Gasteiger charge is 2.21. The van der Waals surface area contributed by atoms with Crippen LogP contribution in [-0.2, 0) is 0 Å². The molecule has 0 spiro atoms. The lowest BCUT2D eigenvalue weighted by molar-refractivity contribution is 0.261. The van der Waals surface area contributed by atoms with Crippen molar-refractivity contribution < 1.29 is 4.74 Å². The maximum absolute atomic E-state index is 6.04. The molecule has 19 heavy (non-hydrogen) atoms. The molecule has 1 aliphatic rings. The van der Waals surface area contributed by atoms with Crippen LogP contribution in [0.5, 0.6) is 5.75 Å². The first-order chi connectivity index (χ1) is 9.20. The minimum Gasteiger partial charge on any atom is -0.493 e. The summed E-state index contributed by atoms with van der Waals surface area (Å²) in [6, 6.07) is 8.78. The maximum atomic E-state index is 6.04. The highest BCUT2D eigenvalue weighted by Crippen LogP contribution is 2.32. The van der Waals surface area contributed by atoms with E-state index in [2.05, 4.69) is 37.4 Å². The molecule has 106 valence electrons. The van der Waals surface area contributed by atoms with E-state index in [-0.39, 0.29) is 0 Å². The third-order valence-corrected chi connectivity index (χ3v) is 4.05. The van der Waals surface area contributed by atoms with Gasteiger partial charge in [-0.3, -0.25) is 0 Å². The molecule has 1 heterocycles. The number of ether oxygens (including phenoxy) is 1. The molecule has 2 nitrogen and oxygen atoms in total. The molecule has 0 saturated heterocycles. The van der Waals surface area contributed by atoms with Crippen molar-refractivity contribution in [2.24, 2.45) is 5.92 Å². The fourth-order valence-electron chi connectivity index (χ4n) is 2.71. The molecule has 1 aliphatic heterocycles. The number of alkyl halides is 1. The van der Waals surface area contributed by atoms with Crippen molar-refractivity contribution in [3.63, 3.8) is 0 Å². The summed E-state index contributed by atoms with van der Waals surface area (Å²) in [5, 5.41) is 3.62. The normalized spacial score (nSPS) is 19.9. The van der Waals surface area contributed by atoms with Gasteiger partial charge in [-0.1, -0.05) is 32.0 Å². The third-order valence-electron chi connectivity index (χ3n) is 3.68. The standard InChI is InChI=1S/C16H24ClNO/c1-12(2)9-14(10-17)18-11-13-7-8-19-16-6-4-3-5-15(13)16/h3-6,12-14,18H,7-11H2,1-2H3. The molecule has 2 atom stereocenters. The van der Waals surface area contributed by atoms with Gasteiger partial charge in [-0.2, -0.15) is 0 Å². The van der Waals surface area contributed by atoms with Crippen LogP contribution in [0.2, 0.25) is 0 Å². The SMILES string of the molecule is CC(C)CC(CCl)NCC1CCOc2ccccc21. The van der Waals surface area contributed by atoms with Crippen LogP contribution in [0.15, 0.2) is 24.3 Å². The summed E-state index contributed by atoms with van der Waals surface area (Å²) in [4.78, 5) is 0. The number of fused-ring (bicyclic) bond motifs is 1. The summed E-state index contributed by atoms with van der Waals surface area (Å²) in [5.41, 5.74) is 1.33. The van der Waals surface area contributed by atoms with E-state index in [1.54, 1.807) is 0 Å². The largest absolute Gasteiger partial charge is 0.493 e. The lowest BCUT2D eigenvalue weighted by atomic mass is 9.92. The lowest BCUT2D eigenvalue weighted by Gasteiger charge is -2.28. The van der Waals surface area contributed by atoms with E-state index in [0.29, 0.717) is 23.8 Å². The molecule has 2 unspecified atom stereocenters. The fraction of sp³-hybridized carbons (Fsp3) is 0.625. The van der Waals surface area contributed by atoms with Crippen molar-refractivity contribution in [1.82, 2.24) is 5.32 Å². The van der Waals surface area contributed by atoms with Crippen molar-refractivity contribution in [2.75, 3.05) is 19.0 Å². The molecule has 3 heteroatoms. The first-order valence-electron chi connectivity index (χ1n) is 7.21. The van der Waals surface area contributed by atoms with Crippen LogP contribution in [0.25, 0.3) is 0 Å². The Morgan fingerprint density at radius 3 is 2.89 bits per heavy atom. The van der Waals surface area contributed by atoms with Crippen LogP contribution in [-0.4, -0.2) is 25.1 Å². The van der Waals surface area contributed by atoms with Crippen molar-refractivity contribution in [3.05, 3.63) is 29.8 Å². The first-order valence-corrected chi connectivity index (χ1v) is 7.75. The third kappa shape index (κ3) is 4.12. The second-order valence-corrected chi connectivity index (χ2v) is 6.07. The molecule has 0 aliphatic carbocycles. The maximum Gasteiger partial charge on any atom is 0.122 e. The minimum absolute atomic E-state index is 0.414. The quantitative estimate of drug-likeness (QED) is 0.801. The van der Waals surface area contributed by atoms with Crippen molar-refractivity contribution in [2.45, 2.75) is 38.6 Å². The van der Waals surface area contributed by atoms with E-state index >= 15 is 0 Å². The molecular formula is C16H24ClNO. The van der Waals surface area contributed by atoms with Gasteiger partial charge in [0.05, 0.1) is 6.61 Å². The summed E-state index contributed by atoms with van der Waals surface area (Å²) in [6.07, 6.45) is 2.22. The summed E-state index contributed by atoms with van der Waals surface area (Å²) >= 11 is 6.04. The van der Waals surface area contributed by atoms with Gasteiger partial charge in [0.25, 0.3) is 0 Å². The Kier molecular flexibility index (Phi) is 5.53. The zero-order valence-corrected chi connectivity index (χ0v) is 12.6. The summed E-state index contributed by atoms with van der Waals surface area (Å²) in [5.74, 6) is 2.95. The highest BCUT2D eigenvalue weighted by atomic mass is 35.5. The van der Waals surface area contributed by atoms with Crippen LogP contribution in [0.1, 0.15) is 38.2 Å². The van der Waals surface area contributed by atoms with Gasteiger partial charge in [-0.15, -0.1) is 11.6 Å². The van der Waals surface area contributed by atoms with Crippen molar-refractivity contribution >= 4 is 11.6 Å². The molecule has 0 bridgehead atoms. The number of nitrogens with one attached hydrogen (secondary N) is 1. The van der Waals surface area contributed by atoms with Gasteiger partial charge in [-0.05, 0) is 30.4 Å². The van der Waals surface area contributed by atoms with Crippen LogP contribution in [0.3, 0.4) is 0 Å². The van der Waals surface area contributed by atoms with E-state index in [9.17, 15) is 0 Å². The molecular weight excluding hydrogens is 258 g/mol. The van der Waals surface area contributed by atoms with Crippen LogP contribution in [0, 0.1) is 5.92 Å². The second-order valence-electron chi connectivity index (χ2n) is 5.76. The van der Waals surface area contributed by atoms with Gasteiger partial charge >= 0.3 is 0 Å². The number of para-hydroxylation sites is 1. The summed E-state index contributed by atoms with van der Waals surface area (Å²) < 4.78 is 5.70. The van der Waals surface area contributed by atoms with Gasteiger partial charge in [0.2, 0.25) is 0 Å². The Bertz CT molecular complexity index is 394. The molecule has 0 amide bonds. The number of halogens is 1. The highest BCUT2D eigenvalue weighted by molar-refractivity contribution is 6.18. The fourth-order valence-corrected chi connectivity index (χ4v) is 2.94. The van der Waals surface area contributed by atoms with Gasteiger partial charge in [0, 0.05) is 24.4 Å². The van der Waals surface area contributed by atoms with E-state index in [0.717, 1.165) is 31.7 Å². The molecule has 1 aromatic carbocycles. The molecule has 0 fully saturated rings. The Labute approximate surface area is 121 Å². The number of hydrogen-bond donors (Lipinski definition) is 1. The predicted molar refractivity (Wildman–Crippen MR) is 81.3 cm³/mol. The molecule has 0 saturated carbocycles. The zero-order valence-electron chi connectivity index (χ0n) is 11.9. The van der Waals surface area contributed by atoms with Crippen LogP contribution in [0.4, 0.5) is 0 Å². The molecule has 2 rings (SSSR count). The Hall–Kier alpha value is -0.730. The Balaban J connectivity index is 1.93. The predicted octanol–water partition coefficient (Wildman–Crippen LogP) is 3.80. The van der Waals surface area contributed by atoms with E-state index < -0.39 is 0 Å². The Morgan fingerprint density at radius 1 is 1.37 bits per heavy atom. The average molecular weight is 282 g/mol. The van der Waals surface area contributed by atoms with Gasteiger partial charge in [-0.25, -0.2) is 0 Å². The van der Waals surface area contributed by atoms with Crippen LogP contribution < -0.4 is 10.1 Å². The number of benzene rings is 1. The van der Waals surface area contributed by atoms with Gasteiger partial charge in [0.1, 0.15) is 5.75 Å². The molecule has 1 N–H and O–H groups in total. The average Bonchev–Trinajstić information content (AvgIpc) is 2.43. The topological polar surface area (TPSA) is 21.3 Å². The number of rotatable bonds is 6. The van der Waals surface area contributed by atoms with Gasteiger partial charge < -0.3 is 10.1 Å². The monoisotopic (exact) mass is 281 g/mol. The molecule has 0 aromatic heterocycles. The van der Waals surface area contributed by atoms with E-state index in [4.69, 9.17) is 16.3 Å². The summed E-state index contributed by atoms with van der Waals surface area (Å²) in [7, 11) is 0. The number of hydrogen-bond acceptors (Lipinski definition) is 2. The van der Waals surface area contributed by atoms with Crippen LogP contribution >= 0.6 is 11.6 Å². The smallest absolute Gasteiger partial charge is 0.122 e. The molecule has 0 radical (unpaired) electrons. The van der Waals surface area contributed by atoms with Gasteiger partial charge in [0.15, 0.2) is 0 Å². The van der Waals surface area contributed by atoms with E-state index in [1.807, 2.05) is 6.07 Å². The summed E-state index contributed by atoms with van der Waals surface area (Å²) in [6.45, 7) is 6.29. The minimum atomic E-state index is 0.414. The Morgan fingerprint density at radius 2 is 2.16 bits per heavy atom. The van der Waals surface area contributed by atoms with Crippen molar-refractivity contribution in [3.8, 4) is 5.75 Å². The second kappa shape index (κ2) is 7.16. The lowest BCUT2D eigenvalue weighted by Crippen LogP contribution is -2.36.